The molecule has 0 atom stereocenters. The van der Waals surface area contributed by atoms with Crippen LogP contribution < -0.4 is 10.5 Å². The molecule has 0 aliphatic heterocycles. The summed E-state index contributed by atoms with van der Waals surface area (Å²) < 4.78 is 5.47. The third-order valence-electron chi connectivity index (χ3n) is 2.05. The fourth-order valence-electron chi connectivity index (χ4n) is 1.26. The zero-order chi connectivity index (χ0) is 12.1. The average molecular weight is 224 g/mol. The molecule has 0 unspecified atom stereocenters. The smallest absolute Gasteiger partial charge is 0.274 e. The van der Waals surface area contributed by atoms with Gasteiger partial charge in [0.05, 0.1) is 11.5 Å². The molecule has 0 aliphatic rings. The Balaban J connectivity index is 2.86. The molecule has 5 heteroatoms. The van der Waals surface area contributed by atoms with Crippen molar-refractivity contribution in [2.45, 2.75) is 20.4 Å². The molecule has 5 nitrogen and oxygen atoms in total. The standard InChI is InChI=1S/C11H16N2O3/c1-8(2)7-16-10-3-4-11(13(14)15)9(5-10)6-12/h3-5,8H,6-7,12H2,1-2H3. The molecule has 0 heterocycles. The van der Waals surface area contributed by atoms with Gasteiger partial charge < -0.3 is 10.5 Å². The molecule has 2 N–H and O–H groups in total. The maximum Gasteiger partial charge on any atom is 0.274 e. The van der Waals surface area contributed by atoms with Gasteiger partial charge in [0.15, 0.2) is 0 Å². The summed E-state index contributed by atoms with van der Waals surface area (Å²) in [6.45, 7) is 4.79. The topological polar surface area (TPSA) is 78.4 Å². The summed E-state index contributed by atoms with van der Waals surface area (Å²) in [5, 5.41) is 10.7. The first-order valence-electron chi connectivity index (χ1n) is 5.14. The zero-order valence-electron chi connectivity index (χ0n) is 9.47. The molecule has 0 fully saturated rings. The zero-order valence-corrected chi connectivity index (χ0v) is 9.47. The number of hydrogen-bond acceptors (Lipinski definition) is 4. The Bertz CT molecular complexity index is 377. The lowest BCUT2D eigenvalue weighted by molar-refractivity contribution is -0.385. The minimum atomic E-state index is -0.436. The van der Waals surface area contributed by atoms with Crippen LogP contribution >= 0.6 is 0 Å². The molecule has 1 aromatic rings. The van der Waals surface area contributed by atoms with Gasteiger partial charge >= 0.3 is 0 Å². The van der Waals surface area contributed by atoms with Gasteiger partial charge in [-0.25, -0.2) is 0 Å². The van der Waals surface area contributed by atoms with Crippen LogP contribution in [0.1, 0.15) is 19.4 Å². The number of nitro benzene ring substituents is 1. The van der Waals surface area contributed by atoms with Crippen LogP contribution in [-0.4, -0.2) is 11.5 Å². The molecule has 1 aromatic carbocycles. The normalized spacial score (nSPS) is 10.5. The van der Waals surface area contributed by atoms with Crippen LogP contribution in [-0.2, 0) is 6.54 Å². The summed E-state index contributed by atoms with van der Waals surface area (Å²) in [5.41, 5.74) is 5.99. The SMILES string of the molecule is CC(C)COc1ccc([N+](=O)[O-])c(CN)c1. The molecule has 0 bridgehead atoms. The predicted molar refractivity (Wildman–Crippen MR) is 61.3 cm³/mol. The second-order valence-corrected chi connectivity index (χ2v) is 3.96. The molecule has 0 saturated heterocycles. The fourth-order valence-corrected chi connectivity index (χ4v) is 1.26. The summed E-state index contributed by atoms with van der Waals surface area (Å²) in [6.07, 6.45) is 0. The Morgan fingerprint density at radius 1 is 1.50 bits per heavy atom. The molecule has 16 heavy (non-hydrogen) atoms. The molecule has 1 rings (SSSR count). The number of nitrogens with zero attached hydrogens (tertiary/aromatic N) is 1. The Labute approximate surface area is 94.4 Å². The maximum atomic E-state index is 10.7. The Morgan fingerprint density at radius 2 is 2.19 bits per heavy atom. The van der Waals surface area contributed by atoms with E-state index in [1.165, 1.54) is 6.07 Å². The van der Waals surface area contributed by atoms with E-state index in [0.29, 0.717) is 23.8 Å². The van der Waals surface area contributed by atoms with Gasteiger partial charge in [0.1, 0.15) is 5.75 Å². The van der Waals surface area contributed by atoms with Crippen molar-refractivity contribution in [1.82, 2.24) is 0 Å². The summed E-state index contributed by atoms with van der Waals surface area (Å²) >= 11 is 0. The van der Waals surface area contributed by atoms with Gasteiger partial charge in [0.2, 0.25) is 0 Å². The Morgan fingerprint density at radius 3 is 2.69 bits per heavy atom. The van der Waals surface area contributed by atoms with Crippen LogP contribution in [0.2, 0.25) is 0 Å². The second kappa shape index (κ2) is 5.46. The van der Waals surface area contributed by atoms with Crippen LogP contribution in [0.3, 0.4) is 0 Å². The predicted octanol–water partition coefficient (Wildman–Crippen LogP) is 2.09. The van der Waals surface area contributed by atoms with Gasteiger partial charge in [-0.3, -0.25) is 10.1 Å². The van der Waals surface area contributed by atoms with Gasteiger partial charge in [-0.15, -0.1) is 0 Å². The van der Waals surface area contributed by atoms with E-state index >= 15 is 0 Å². The van der Waals surface area contributed by atoms with Gasteiger partial charge in [0.25, 0.3) is 5.69 Å². The third kappa shape index (κ3) is 3.20. The van der Waals surface area contributed by atoms with E-state index in [1.54, 1.807) is 12.1 Å². The first-order valence-corrected chi connectivity index (χ1v) is 5.14. The van der Waals surface area contributed by atoms with Crippen LogP contribution in [0.4, 0.5) is 5.69 Å². The summed E-state index contributed by atoms with van der Waals surface area (Å²) in [5.74, 6) is 1.04. The maximum absolute atomic E-state index is 10.7. The van der Waals surface area contributed by atoms with E-state index in [4.69, 9.17) is 10.5 Å². The molecule has 0 radical (unpaired) electrons. The van der Waals surface area contributed by atoms with E-state index in [-0.39, 0.29) is 12.2 Å². The van der Waals surface area contributed by atoms with Crippen molar-refractivity contribution in [3.63, 3.8) is 0 Å². The highest BCUT2D eigenvalue weighted by Crippen LogP contribution is 2.23. The number of nitro groups is 1. The van der Waals surface area contributed by atoms with E-state index in [2.05, 4.69) is 0 Å². The van der Waals surface area contributed by atoms with Crippen LogP contribution in [0.15, 0.2) is 18.2 Å². The number of benzene rings is 1. The first kappa shape index (κ1) is 12.4. The molecular weight excluding hydrogens is 208 g/mol. The van der Waals surface area contributed by atoms with Gasteiger partial charge in [-0.2, -0.15) is 0 Å². The fraction of sp³-hybridized carbons (Fsp3) is 0.455. The van der Waals surface area contributed by atoms with Gasteiger partial charge in [0, 0.05) is 18.2 Å². The molecular formula is C11H16N2O3. The van der Waals surface area contributed by atoms with E-state index < -0.39 is 4.92 Å². The number of hydrogen-bond donors (Lipinski definition) is 1. The first-order chi connectivity index (χ1) is 7.54. The van der Waals surface area contributed by atoms with E-state index in [9.17, 15) is 10.1 Å². The lowest BCUT2D eigenvalue weighted by atomic mass is 10.1. The molecule has 0 saturated carbocycles. The number of rotatable bonds is 5. The molecule has 0 spiro atoms. The van der Waals surface area contributed by atoms with Crippen molar-refractivity contribution in [1.29, 1.82) is 0 Å². The van der Waals surface area contributed by atoms with Gasteiger partial charge in [-0.1, -0.05) is 13.8 Å². The van der Waals surface area contributed by atoms with Crippen molar-refractivity contribution < 1.29 is 9.66 Å². The molecule has 0 aromatic heterocycles. The lowest BCUT2D eigenvalue weighted by Gasteiger charge is -2.09. The molecule has 0 amide bonds. The summed E-state index contributed by atoms with van der Waals surface area (Å²) in [7, 11) is 0. The summed E-state index contributed by atoms with van der Waals surface area (Å²) in [4.78, 5) is 10.2. The Hall–Kier alpha value is -1.62. The van der Waals surface area contributed by atoms with Crippen molar-refractivity contribution in [2.75, 3.05) is 6.61 Å². The van der Waals surface area contributed by atoms with Crippen molar-refractivity contribution in [2.24, 2.45) is 11.7 Å². The highest BCUT2D eigenvalue weighted by Gasteiger charge is 2.13. The van der Waals surface area contributed by atoms with Crippen LogP contribution in [0.25, 0.3) is 0 Å². The highest BCUT2D eigenvalue weighted by atomic mass is 16.6. The quantitative estimate of drug-likeness (QED) is 0.613. The molecule has 0 aliphatic carbocycles. The number of nitrogens with two attached hydrogens (primary N) is 1. The molecule has 88 valence electrons. The van der Waals surface area contributed by atoms with Crippen LogP contribution in [0.5, 0.6) is 5.75 Å². The van der Waals surface area contributed by atoms with Crippen molar-refractivity contribution in [3.8, 4) is 5.75 Å². The largest absolute Gasteiger partial charge is 0.493 e. The number of ether oxygens (including phenoxy) is 1. The highest BCUT2D eigenvalue weighted by molar-refractivity contribution is 5.45. The summed E-state index contributed by atoms with van der Waals surface area (Å²) in [6, 6.07) is 4.65. The van der Waals surface area contributed by atoms with Crippen LogP contribution in [0, 0.1) is 16.0 Å². The lowest BCUT2D eigenvalue weighted by Crippen LogP contribution is -2.06. The van der Waals surface area contributed by atoms with E-state index in [0.717, 1.165) is 0 Å². The average Bonchev–Trinajstić information content (AvgIpc) is 2.25. The minimum absolute atomic E-state index is 0.0411. The second-order valence-electron chi connectivity index (χ2n) is 3.96. The van der Waals surface area contributed by atoms with Crippen molar-refractivity contribution >= 4 is 5.69 Å². The van der Waals surface area contributed by atoms with Gasteiger partial charge in [-0.05, 0) is 18.1 Å². The third-order valence-corrected chi connectivity index (χ3v) is 2.05. The monoisotopic (exact) mass is 224 g/mol. The van der Waals surface area contributed by atoms with Crippen molar-refractivity contribution in [3.05, 3.63) is 33.9 Å². The minimum Gasteiger partial charge on any atom is -0.493 e. The van der Waals surface area contributed by atoms with E-state index in [1.807, 2.05) is 13.8 Å². The Kier molecular flexibility index (Phi) is 4.25.